The highest BCUT2D eigenvalue weighted by Crippen LogP contribution is 2.16. The fourth-order valence-electron chi connectivity index (χ4n) is 1.49. The molecule has 8 heteroatoms. The van der Waals surface area contributed by atoms with E-state index in [1.54, 1.807) is 11.3 Å². The van der Waals surface area contributed by atoms with Gasteiger partial charge in [-0.25, -0.2) is 24.0 Å². The van der Waals surface area contributed by atoms with Crippen LogP contribution in [0.15, 0.2) is 35.4 Å². The Bertz CT molecular complexity index is 667. The molecule has 0 unspecified atom stereocenters. The van der Waals surface area contributed by atoms with Crippen molar-refractivity contribution >= 4 is 27.2 Å². The summed E-state index contributed by atoms with van der Waals surface area (Å²) in [6.07, 6.45) is 1.39. The minimum atomic E-state index is -3.56. The average Bonchev–Trinajstić information content (AvgIpc) is 2.82. The number of pyridine rings is 1. The third-order valence-electron chi connectivity index (χ3n) is 2.42. The maximum absolute atomic E-state index is 12.1. The Balaban J connectivity index is 2.13. The molecule has 102 valence electrons. The average molecular weight is 298 g/mol. The number of rotatable bonds is 5. The number of nitrogens with one attached hydrogen (secondary N) is 2. The zero-order chi connectivity index (χ0) is 13.9. The van der Waals surface area contributed by atoms with E-state index in [-0.39, 0.29) is 11.4 Å². The Morgan fingerprint density at radius 3 is 2.79 bits per heavy atom. The summed E-state index contributed by atoms with van der Waals surface area (Å²) in [5.41, 5.74) is 2.32. The van der Waals surface area contributed by atoms with Crippen LogP contribution < -0.4 is 16.0 Å². The Morgan fingerprint density at radius 1 is 1.37 bits per heavy atom. The summed E-state index contributed by atoms with van der Waals surface area (Å²) in [4.78, 5) is 6.11. The van der Waals surface area contributed by atoms with Crippen molar-refractivity contribution in [2.75, 3.05) is 5.43 Å². The number of sulfonamides is 1. The number of hydrogen-bond acceptors (Lipinski definition) is 6. The van der Waals surface area contributed by atoms with Gasteiger partial charge in [-0.1, -0.05) is 0 Å². The zero-order valence-corrected chi connectivity index (χ0v) is 11.9. The molecular formula is C11H14N4O2S2. The lowest BCUT2D eigenvalue weighted by Crippen LogP contribution is -2.23. The standard InChI is InChI=1S/C11H14N4O2S2/c1-8-2-3-9(18-8)7-14-19(16,17)10-4-5-13-11(6-10)15-12/h2-6,14H,7,12H2,1H3,(H,13,15). The van der Waals surface area contributed by atoms with Gasteiger partial charge in [-0.2, -0.15) is 0 Å². The van der Waals surface area contributed by atoms with Crippen molar-refractivity contribution in [1.82, 2.24) is 9.71 Å². The molecule has 0 atom stereocenters. The van der Waals surface area contributed by atoms with Crippen LogP contribution in [0.2, 0.25) is 0 Å². The van der Waals surface area contributed by atoms with Crippen LogP contribution in [0.3, 0.4) is 0 Å². The molecule has 0 saturated heterocycles. The molecule has 0 bridgehead atoms. The number of hydrogen-bond donors (Lipinski definition) is 3. The van der Waals surface area contributed by atoms with E-state index >= 15 is 0 Å². The lowest BCUT2D eigenvalue weighted by molar-refractivity contribution is 0.581. The van der Waals surface area contributed by atoms with Crippen LogP contribution in [-0.2, 0) is 16.6 Å². The van der Waals surface area contributed by atoms with Gasteiger partial charge in [0.1, 0.15) is 5.82 Å². The van der Waals surface area contributed by atoms with E-state index in [4.69, 9.17) is 5.84 Å². The molecule has 4 N–H and O–H groups in total. The maximum Gasteiger partial charge on any atom is 0.241 e. The first-order valence-corrected chi connectivity index (χ1v) is 7.79. The Labute approximate surface area is 115 Å². The summed E-state index contributed by atoms with van der Waals surface area (Å²) in [5, 5.41) is 0. The van der Waals surface area contributed by atoms with Crippen LogP contribution in [-0.4, -0.2) is 13.4 Å². The molecule has 6 nitrogen and oxygen atoms in total. The predicted molar refractivity (Wildman–Crippen MR) is 75.1 cm³/mol. The van der Waals surface area contributed by atoms with Gasteiger partial charge < -0.3 is 5.43 Å². The Kier molecular flexibility index (Phi) is 4.15. The van der Waals surface area contributed by atoms with E-state index in [1.165, 1.54) is 18.3 Å². The van der Waals surface area contributed by atoms with Crippen molar-refractivity contribution in [2.45, 2.75) is 18.4 Å². The SMILES string of the molecule is Cc1ccc(CNS(=O)(=O)c2ccnc(NN)c2)s1. The van der Waals surface area contributed by atoms with E-state index in [2.05, 4.69) is 15.1 Å². The van der Waals surface area contributed by atoms with Crippen molar-refractivity contribution < 1.29 is 8.42 Å². The maximum atomic E-state index is 12.1. The number of aromatic nitrogens is 1. The molecule has 2 heterocycles. The predicted octanol–water partition coefficient (Wildman–Crippen LogP) is 1.22. The molecule has 2 rings (SSSR count). The van der Waals surface area contributed by atoms with Crippen LogP contribution in [0.25, 0.3) is 0 Å². The van der Waals surface area contributed by atoms with Gasteiger partial charge in [-0.15, -0.1) is 11.3 Å². The van der Waals surface area contributed by atoms with Crippen molar-refractivity contribution in [3.05, 3.63) is 40.2 Å². The van der Waals surface area contributed by atoms with Gasteiger partial charge in [0.15, 0.2) is 0 Å². The third-order valence-corrected chi connectivity index (χ3v) is 4.82. The van der Waals surface area contributed by atoms with Gasteiger partial charge in [0, 0.05) is 28.6 Å². The van der Waals surface area contributed by atoms with Crippen LogP contribution in [0, 0.1) is 6.92 Å². The Morgan fingerprint density at radius 2 is 2.16 bits per heavy atom. The van der Waals surface area contributed by atoms with E-state index in [0.717, 1.165) is 9.75 Å². The fraction of sp³-hybridized carbons (Fsp3) is 0.182. The van der Waals surface area contributed by atoms with Crippen molar-refractivity contribution in [1.29, 1.82) is 0 Å². The number of nitrogen functional groups attached to an aromatic ring is 1. The largest absolute Gasteiger partial charge is 0.308 e. The molecule has 0 spiro atoms. The normalized spacial score (nSPS) is 11.5. The molecule has 2 aromatic heterocycles. The highest BCUT2D eigenvalue weighted by atomic mass is 32.2. The highest BCUT2D eigenvalue weighted by molar-refractivity contribution is 7.89. The summed E-state index contributed by atoms with van der Waals surface area (Å²) < 4.78 is 26.7. The van der Waals surface area contributed by atoms with Gasteiger partial charge in [0.2, 0.25) is 10.0 Å². The number of anilines is 1. The number of nitrogens with two attached hydrogens (primary N) is 1. The highest BCUT2D eigenvalue weighted by Gasteiger charge is 2.14. The fourth-order valence-corrected chi connectivity index (χ4v) is 3.43. The molecule has 2 aromatic rings. The first-order chi connectivity index (χ1) is 9.01. The summed E-state index contributed by atoms with van der Waals surface area (Å²) in [6, 6.07) is 6.66. The van der Waals surface area contributed by atoms with Gasteiger partial charge in [-0.3, -0.25) is 0 Å². The molecule has 0 aliphatic heterocycles. The second-order valence-corrected chi connectivity index (χ2v) is 7.00. The zero-order valence-electron chi connectivity index (χ0n) is 10.3. The molecule has 0 amide bonds. The van der Waals surface area contributed by atoms with Crippen LogP contribution in [0.1, 0.15) is 9.75 Å². The van der Waals surface area contributed by atoms with Crippen molar-refractivity contribution in [3.8, 4) is 0 Å². The molecule has 0 fully saturated rings. The van der Waals surface area contributed by atoms with Crippen molar-refractivity contribution in [2.24, 2.45) is 5.84 Å². The second-order valence-electron chi connectivity index (χ2n) is 3.86. The molecule has 0 radical (unpaired) electrons. The quantitative estimate of drug-likeness (QED) is 0.569. The topological polar surface area (TPSA) is 97.1 Å². The van der Waals surface area contributed by atoms with Gasteiger partial charge >= 0.3 is 0 Å². The summed E-state index contributed by atoms with van der Waals surface area (Å²) in [7, 11) is -3.56. The van der Waals surface area contributed by atoms with E-state index in [0.29, 0.717) is 5.82 Å². The summed E-state index contributed by atoms with van der Waals surface area (Å²) >= 11 is 1.56. The van der Waals surface area contributed by atoms with Gasteiger partial charge in [0.25, 0.3) is 0 Å². The van der Waals surface area contributed by atoms with E-state index in [1.807, 2.05) is 19.1 Å². The minimum Gasteiger partial charge on any atom is -0.308 e. The van der Waals surface area contributed by atoms with E-state index < -0.39 is 10.0 Å². The summed E-state index contributed by atoms with van der Waals surface area (Å²) in [6.45, 7) is 2.25. The number of aryl methyl sites for hydroxylation is 1. The van der Waals surface area contributed by atoms with Crippen LogP contribution >= 0.6 is 11.3 Å². The lowest BCUT2D eigenvalue weighted by atomic mass is 10.4. The second kappa shape index (κ2) is 5.66. The first-order valence-electron chi connectivity index (χ1n) is 5.49. The molecular weight excluding hydrogens is 284 g/mol. The summed E-state index contributed by atoms with van der Waals surface area (Å²) in [5.74, 6) is 5.50. The lowest BCUT2D eigenvalue weighted by Gasteiger charge is -2.06. The van der Waals surface area contributed by atoms with Crippen molar-refractivity contribution in [3.63, 3.8) is 0 Å². The van der Waals surface area contributed by atoms with Gasteiger partial charge in [-0.05, 0) is 25.1 Å². The minimum absolute atomic E-state index is 0.128. The smallest absolute Gasteiger partial charge is 0.241 e. The Hall–Kier alpha value is -1.48. The first kappa shape index (κ1) is 13.9. The number of thiophene rings is 1. The monoisotopic (exact) mass is 298 g/mol. The van der Waals surface area contributed by atoms with E-state index in [9.17, 15) is 8.42 Å². The number of nitrogens with zero attached hydrogens (tertiary/aromatic N) is 1. The molecule has 0 aliphatic rings. The van der Waals surface area contributed by atoms with Gasteiger partial charge in [0.05, 0.1) is 4.90 Å². The molecule has 0 saturated carbocycles. The number of hydrazine groups is 1. The van der Waals surface area contributed by atoms with Crippen LogP contribution in [0.4, 0.5) is 5.82 Å². The molecule has 0 aliphatic carbocycles. The molecule has 0 aromatic carbocycles. The molecule has 19 heavy (non-hydrogen) atoms. The van der Waals surface area contributed by atoms with Crippen LogP contribution in [0.5, 0.6) is 0 Å². The third kappa shape index (κ3) is 3.51.